The molecule has 2 aromatic carbocycles. The van der Waals surface area contributed by atoms with E-state index < -0.39 is 0 Å². The summed E-state index contributed by atoms with van der Waals surface area (Å²) in [7, 11) is 0. The monoisotopic (exact) mass is 310 g/mol. The molecule has 0 atom stereocenters. The van der Waals surface area contributed by atoms with Crippen molar-refractivity contribution in [2.24, 2.45) is 0 Å². The molecular formula is C17H15ClN4. The molecule has 0 unspecified atom stereocenters. The fraction of sp³-hybridized carbons (Fsp3) is 0.0588. The number of hydrogen-bond acceptors (Lipinski definition) is 4. The van der Waals surface area contributed by atoms with Gasteiger partial charge in [0.2, 0.25) is 0 Å². The fourth-order valence-electron chi connectivity index (χ4n) is 2.03. The molecule has 0 spiro atoms. The van der Waals surface area contributed by atoms with Crippen LogP contribution in [0.25, 0.3) is 11.4 Å². The van der Waals surface area contributed by atoms with E-state index in [0.717, 1.165) is 11.3 Å². The van der Waals surface area contributed by atoms with Crippen molar-refractivity contribution < 1.29 is 0 Å². The molecule has 0 aliphatic heterocycles. The smallest absolute Gasteiger partial charge is 0.163 e. The Balaban J connectivity index is 2.00. The number of aromatic nitrogens is 2. The van der Waals surface area contributed by atoms with Crippen LogP contribution in [0.2, 0.25) is 5.15 Å². The predicted octanol–water partition coefficient (Wildman–Crippen LogP) is 4.43. The number of nitrogen functional groups attached to an aromatic ring is 1. The van der Waals surface area contributed by atoms with Crippen molar-refractivity contribution in [3.05, 3.63) is 65.3 Å². The van der Waals surface area contributed by atoms with Crippen LogP contribution in [0, 0.1) is 6.92 Å². The minimum absolute atomic E-state index is 0.239. The van der Waals surface area contributed by atoms with Crippen LogP contribution in [0.3, 0.4) is 0 Å². The number of halogens is 1. The van der Waals surface area contributed by atoms with Crippen LogP contribution in [0.4, 0.5) is 17.2 Å². The molecule has 0 aliphatic rings. The van der Waals surface area contributed by atoms with E-state index in [0.29, 0.717) is 17.3 Å². The van der Waals surface area contributed by atoms with Gasteiger partial charge in [-0.3, -0.25) is 0 Å². The number of rotatable bonds is 3. The van der Waals surface area contributed by atoms with Gasteiger partial charge in [-0.15, -0.1) is 0 Å². The molecule has 0 saturated carbocycles. The van der Waals surface area contributed by atoms with E-state index in [2.05, 4.69) is 15.3 Å². The Labute approximate surface area is 134 Å². The van der Waals surface area contributed by atoms with E-state index >= 15 is 0 Å². The van der Waals surface area contributed by atoms with Gasteiger partial charge in [-0.1, -0.05) is 59.6 Å². The van der Waals surface area contributed by atoms with Crippen LogP contribution >= 0.6 is 11.6 Å². The van der Waals surface area contributed by atoms with Gasteiger partial charge in [-0.25, -0.2) is 9.97 Å². The summed E-state index contributed by atoms with van der Waals surface area (Å²) in [4.78, 5) is 8.74. The Hall–Kier alpha value is -2.59. The summed E-state index contributed by atoms with van der Waals surface area (Å²) in [5.41, 5.74) is 9.29. The van der Waals surface area contributed by atoms with Crippen LogP contribution in [-0.4, -0.2) is 9.97 Å². The lowest BCUT2D eigenvalue weighted by molar-refractivity contribution is 1.18. The van der Waals surface area contributed by atoms with Crippen LogP contribution in [0.5, 0.6) is 0 Å². The van der Waals surface area contributed by atoms with E-state index in [9.17, 15) is 0 Å². The number of aryl methyl sites for hydroxylation is 1. The second-order valence-electron chi connectivity index (χ2n) is 4.96. The van der Waals surface area contributed by atoms with Crippen molar-refractivity contribution in [3.63, 3.8) is 0 Å². The highest BCUT2D eigenvalue weighted by Crippen LogP contribution is 2.29. The molecule has 4 nitrogen and oxygen atoms in total. The summed E-state index contributed by atoms with van der Waals surface area (Å²) in [6.45, 7) is 2.03. The van der Waals surface area contributed by atoms with Crippen molar-refractivity contribution in [1.82, 2.24) is 9.97 Å². The molecule has 1 heterocycles. The molecule has 0 saturated heterocycles. The molecular weight excluding hydrogens is 296 g/mol. The van der Waals surface area contributed by atoms with E-state index in [-0.39, 0.29) is 5.15 Å². The number of nitrogens with zero attached hydrogens (tertiary/aromatic N) is 2. The Kier molecular flexibility index (Phi) is 3.94. The number of benzene rings is 2. The minimum atomic E-state index is 0.239. The molecule has 0 fully saturated rings. The molecule has 0 bridgehead atoms. The van der Waals surface area contributed by atoms with E-state index in [1.807, 2.05) is 61.5 Å². The van der Waals surface area contributed by atoms with E-state index in [4.69, 9.17) is 17.3 Å². The molecule has 0 radical (unpaired) electrons. The predicted molar refractivity (Wildman–Crippen MR) is 91.4 cm³/mol. The molecule has 22 heavy (non-hydrogen) atoms. The van der Waals surface area contributed by atoms with E-state index in [1.54, 1.807) is 0 Å². The molecule has 3 aromatic rings. The fourth-order valence-corrected chi connectivity index (χ4v) is 2.20. The molecule has 0 amide bonds. The maximum atomic E-state index is 6.14. The molecule has 0 aliphatic carbocycles. The second-order valence-corrected chi connectivity index (χ2v) is 5.32. The molecule has 5 heteroatoms. The maximum absolute atomic E-state index is 6.14. The third-order valence-corrected chi connectivity index (χ3v) is 3.53. The quantitative estimate of drug-likeness (QED) is 0.702. The Morgan fingerprint density at radius 1 is 0.955 bits per heavy atom. The highest BCUT2D eigenvalue weighted by molar-refractivity contribution is 6.32. The third-order valence-electron chi connectivity index (χ3n) is 3.25. The summed E-state index contributed by atoms with van der Waals surface area (Å²) in [6, 6.07) is 17.6. The average Bonchev–Trinajstić information content (AvgIpc) is 2.54. The van der Waals surface area contributed by atoms with Gasteiger partial charge in [-0.05, 0) is 19.1 Å². The molecule has 1 aromatic heterocycles. The lowest BCUT2D eigenvalue weighted by Crippen LogP contribution is -2.03. The van der Waals surface area contributed by atoms with E-state index in [1.165, 1.54) is 5.56 Å². The molecule has 3 N–H and O–H groups in total. The van der Waals surface area contributed by atoms with Crippen molar-refractivity contribution in [2.75, 3.05) is 11.1 Å². The topological polar surface area (TPSA) is 63.8 Å². The normalized spacial score (nSPS) is 10.5. The third kappa shape index (κ3) is 3.02. The SMILES string of the molecule is Cc1ccc(Nc2nc(-c3ccccc3)nc(Cl)c2N)cc1. The summed E-state index contributed by atoms with van der Waals surface area (Å²) in [5.74, 6) is 1.04. The van der Waals surface area contributed by atoms with Crippen LogP contribution in [0.15, 0.2) is 54.6 Å². The summed E-state index contributed by atoms with van der Waals surface area (Å²) in [6.07, 6.45) is 0. The first-order valence-corrected chi connectivity index (χ1v) is 7.23. The van der Waals surface area contributed by atoms with Crippen molar-refractivity contribution >= 4 is 28.8 Å². The minimum Gasteiger partial charge on any atom is -0.393 e. The first-order valence-electron chi connectivity index (χ1n) is 6.85. The van der Waals surface area contributed by atoms with Gasteiger partial charge < -0.3 is 11.1 Å². The van der Waals surface area contributed by atoms with Crippen LogP contribution in [0.1, 0.15) is 5.56 Å². The zero-order chi connectivity index (χ0) is 15.5. The van der Waals surface area contributed by atoms with Gasteiger partial charge in [0.1, 0.15) is 5.69 Å². The van der Waals surface area contributed by atoms with Crippen molar-refractivity contribution in [3.8, 4) is 11.4 Å². The molecule has 3 rings (SSSR count). The van der Waals surface area contributed by atoms with Gasteiger partial charge >= 0.3 is 0 Å². The van der Waals surface area contributed by atoms with Gasteiger partial charge in [0.05, 0.1) is 0 Å². The zero-order valence-electron chi connectivity index (χ0n) is 12.0. The summed E-state index contributed by atoms with van der Waals surface area (Å²) in [5, 5.41) is 3.43. The number of hydrogen-bond donors (Lipinski definition) is 2. The van der Waals surface area contributed by atoms with Crippen LogP contribution in [-0.2, 0) is 0 Å². The lowest BCUT2D eigenvalue weighted by atomic mass is 10.2. The Bertz CT molecular complexity index is 786. The first kappa shape index (κ1) is 14.4. The Morgan fingerprint density at radius 2 is 1.64 bits per heavy atom. The average molecular weight is 311 g/mol. The standard InChI is InChI=1S/C17H15ClN4/c1-11-7-9-13(10-8-11)20-17-14(19)15(18)21-16(22-17)12-5-3-2-4-6-12/h2-10H,19H2,1H3,(H,20,21,22). The highest BCUT2D eigenvalue weighted by atomic mass is 35.5. The second kappa shape index (κ2) is 6.03. The first-order chi connectivity index (χ1) is 10.6. The van der Waals surface area contributed by atoms with Gasteiger partial charge in [0.25, 0.3) is 0 Å². The highest BCUT2D eigenvalue weighted by Gasteiger charge is 2.11. The number of nitrogens with two attached hydrogens (primary N) is 1. The number of nitrogens with one attached hydrogen (secondary N) is 1. The van der Waals surface area contributed by atoms with Gasteiger partial charge in [-0.2, -0.15) is 0 Å². The van der Waals surface area contributed by atoms with Crippen molar-refractivity contribution in [1.29, 1.82) is 0 Å². The molecule has 110 valence electrons. The number of anilines is 3. The van der Waals surface area contributed by atoms with Crippen molar-refractivity contribution in [2.45, 2.75) is 6.92 Å². The lowest BCUT2D eigenvalue weighted by Gasteiger charge is -2.11. The summed E-state index contributed by atoms with van der Waals surface area (Å²) < 4.78 is 0. The van der Waals surface area contributed by atoms with Gasteiger partial charge in [0.15, 0.2) is 16.8 Å². The maximum Gasteiger partial charge on any atom is 0.163 e. The largest absolute Gasteiger partial charge is 0.393 e. The summed E-state index contributed by atoms with van der Waals surface area (Å²) >= 11 is 6.14. The Morgan fingerprint density at radius 3 is 2.32 bits per heavy atom. The zero-order valence-corrected chi connectivity index (χ0v) is 12.8. The van der Waals surface area contributed by atoms with Gasteiger partial charge in [0, 0.05) is 11.3 Å². The van der Waals surface area contributed by atoms with Crippen LogP contribution < -0.4 is 11.1 Å².